The molecule has 4 rings (SSSR count). The van der Waals surface area contributed by atoms with Crippen molar-refractivity contribution >= 4 is 16.8 Å². The Morgan fingerprint density at radius 3 is 2.38 bits per heavy atom. The highest BCUT2D eigenvalue weighted by Gasteiger charge is 2.23. The molecule has 128 valence electrons. The minimum Gasteiger partial charge on any atom is -0.508 e. The Morgan fingerprint density at radius 2 is 1.69 bits per heavy atom. The van der Waals surface area contributed by atoms with Crippen LogP contribution in [0.25, 0.3) is 22.3 Å². The first-order valence-corrected chi connectivity index (χ1v) is 8.17. The summed E-state index contributed by atoms with van der Waals surface area (Å²) < 4.78 is 11.1. The van der Waals surface area contributed by atoms with Gasteiger partial charge in [0, 0.05) is 22.6 Å². The van der Waals surface area contributed by atoms with Gasteiger partial charge < -0.3 is 14.3 Å². The van der Waals surface area contributed by atoms with E-state index in [0.717, 1.165) is 5.56 Å². The third-order valence-electron chi connectivity index (χ3n) is 4.29. The molecule has 0 unspecified atom stereocenters. The van der Waals surface area contributed by atoms with Gasteiger partial charge >= 0.3 is 0 Å². The second-order valence-electron chi connectivity index (χ2n) is 5.91. The van der Waals surface area contributed by atoms with E-state index in [-0.39, 0.29) is 11.5 Å². The van der Waals surface area contributed by atoms with Crippen molar-refractivity contribution in [1.29, 1.82) is 0 Å². The smallest absolute Gasteiger partial charge is 0.197 e. The number of aromatic hydroxyl groups is 1. The summed E-state index contributed by atoms with van der Waals surface area (Å²) in [5.74, 6) is 1.13. The van der Waals surface area contributed by atoms with Crippen molar-refractivity contribution in [3.63, 3.8) is 0 Å². The lowest BCUT2D eigenvalue weighted by atomic mass is 9.97. The fourth-order valence-corrected chi connectivity index (χ4v) is 2.99. The molecule has 0 fully saturated rings. The van der Waals surface area contributed by atoms with E-state index in [9.17, 15) is 9.90 Å². The first-order valence-electron chi connectivity index (χ1n) is 8.17. The van der Waals surface area contributed by atoms with Gasteiger partial charge in [-0.1, -0.05) is 30.3 Å². The molecular formula is C22H16O4. The van der Waals surface area contributed by atoms with Gasteiger partial charge in [-0.15, -0.1) is 0 Å². The fraction of sp³-hybridized carbons (Fsp3) is 0.0455. The van der Waals surface area contributed by atoms with Crippen LogP contribution in [0.4, 0.5) is 0 Å². The summed E-state index contributed by atoms with van der Waals surface area (Å²) in [6, 6.07) is 21.2. The van der Waals surface area contributed by atoms with E-state index in [2.05, 4.69) is 0 Å². The van der Waals surface area contributed by atoms with E-state index < -0.39 is 0 Å². The molecule has 0 saturated heterocycles. The number of phenols is 1. The van der Waals surface area contributed by atoms with E-state index in [1.54, 1.807) is 43.5 Å². The molecule has 1 N–H and O–H groups in total. The van der Waals surface area contributed by atoms with Crippen LogP contribution in [0.3, 0.4) is 0 Å². The van der Waals surface area contributed by atoms with Gasteiger partial charge in [0.05, 0.1) is 12.7 Å². The first-order chi connectivity index (χ1) is 12.7. The molecule has 0 aliphatic heterocycles. The third kappa shape index (κ3) is 2.71. The normalized spacial score (nSPS) is 10.8. The van der Waals surface area contributed by atoms with Crippen LogP contribution in [0.1, 0.15) is 15.9 Å². The van der Waals surface area contributed by atoms with Gasteiger partial charge in [-0.3, -0.25) is 4.79 Å². The number of fused-ring (bicyclic) bond motifs is 1. The maximum Gasteiger partial charge on any atom is 0.197 e. The molecule has 26 heavy (non-hydrogen) atoms. The molecule has 4 nitrogen and oxygen atoms in total. The van der Waals surface area contributed by atoms with Crippen LogP contribution in [0.2, 0.25) is 0 Å². The lowest BCUT2D eigenvalue weighted by Gasteiger charge is -2.05. The second kappa shape index (κ2) is 6.41. The topological polar surface area (TPSA) is 59.7 Å². The molecule has 1 aromatic heterocycles. The lowest BCUT2D eigenvalue weighted by Crippen LogP contribution is -2.02. The second-order valence-corrected chi connectivity index (χ2v) is 5.91. The van der Waals surface area contributed by atoms with Gasteiger partial charge in [-0.05, 0) is 36.4 Å². The fourth-order valence-electron chi connectivity index (χ4n) is 2.99. The zero-order valence-electron chi connectivity index (χ0n) is 14.1. The summed E-state index contributed by atoms with van der Waals surface area (Å²) in [4.78, 5) is 13.2. The van der Waals surface area contributed by atoms with Crippen molar-refractivity contribution in [2.45, 2.75) is 0 Å². The number of carbonyl (C=O) groups is 1. The van der Waals surface area contributed by atoms with Crippen molar-refractivity contribution < 1.29 is 19.1 Å². The van der Waals surface area contributed by atoms with Crippen LogP contribution in [-0.2, 0) is 0 Å². The van der Waals surface area contributed by atoms with Gasteiger partial charge in [0.15, 0.2) is 5.78 Å². The van der Waals surface area contributed by atoms with Gasteiger partial charge in [0.25, 0.3) is 0 Å². The lowest BCUT2D eigenvalue weighted by molar-refractivity contribution is 0.104. The number of rotatable bonds is 4. The molecule has 3 aromatic carbocycles. The van der Waals surface area contributed by atoms with Crippen molar-refractivity contribution in [2.75, 3.05) is 7.11 Å². The van der Waals surface area contributed by atoms with Crippen LogP contribution in [-0.4, -0.2) is 18.0 Å². The van der Waals surface area contributed by atoms with Crippen molar-refractivity contribution in [3.05, 3.63) is 83.9 Å². The predicted octanol–water partition coefficient (Wildman–Crippen LogP) is 5.05. The largest absolute Gasteiger partial charge is 0.508 e. The molecule has 0 atom stereocenters. The molecule has 4 aromatic rings. The molecule has 0 radical (unpaired) electrons. The van der Waals surface area contributed by atoms with Gasteiger partial charge in [0.2, 0.25) is 0 Å². The number of phenolic OH excluding ortho intramolecular Hbond substituents is 1. The molecule has 0 bridgehead atoms. The van der Waals surface area contributed by atoms with E-state index in [0.29, 0.717) is 33.6 Å². The maximum absolute atomic E-state index is 13.2. The highest BCUT2D eigenvalue weighted by molar-refractivity contribution is 6.19. The molecule has 0 aliphatic rings. The SMILES string of the molecule is COc1ccc(C(=O)c2c(-c3ccccc3)oc3cc(O)ccc23)cc1. The van der Waals surface area contributed by atoms with Crippen molar-refractivity contribution in [2.24, 2.45) is 0 Å². The highest BCUT2D eigenvalue weighted by Crippen LogP contribution is 2.36. The Hall–Kier alpha value is -3.53. The Bertz CT molecular complexity index is 1080. The number of hydrogen-bond donors (Lipinski definition) is 1. The predicted molar refractivity (Wildman–Crippen MR) is 99.7 cm³/mol. The van der Waals surface area contributed by atoms with Crippen LogP contribution in [0, 0.1) is 0 Å². The summed E-state index contributed by atoms with van der Waals surface area (Å²) in [6.07, 6.45) is 0. The molecular weight excluding hydrogens is 328 g/mol. The summed E-state index contributed by atoms with van der Waals surface area (Å²) in [5.41, 5.74) is 2.30. The number of furan rings is 1. The third-order valence-corrected chi connectivity index (χ3v) is 4.29. The minimum absolute atomic E-state index is 0.0920. The molecule has 0 spiro atoms. The van der Waals surface area contributed by atoms with E-state index in [1.807, 2.05) is 30.3 Å². The number of ether oxygens (including phenoxy) is 1. The van der Waals surface area contributed by atoms with Crippen molar-refractivity contribution in [1.82, 2.24) is 0 Å². The zero-order chi connectivity index (χ0) is 18.1. The summed E-state index contributed by atoms with van der Waals surface area (Å²) >= 11 is 0. The van der Waals surface area contributed by atoms with Crippen LogP contribution >= 0.6 is 0 Å². The Kier molecular flexibility index (Phi) is 3.93. The van der Waals surface area contributed by atoms with Gasteiger partial charge in [-0.25, -0.2) is 0 Å². The maximum atomic E-state index is 13.2. The first kappa shape index (κ1) is 16.0. The number of ketones is 1. The van der Waals surface area contributed by atoms with Crippen LogP contribution in [0.5, 0.6) is 11.5 Å². The zero-order valence-corrected chi connectivity index (χ0v) is 14.1. The average Bonchev–Trinajstić information content (AvgIpc) is 3.06. The summed E-state index contributed by atoms with van der Waals surface area (Å²) in [7, 11) is 1.58. The molecule has 0 amide bonds. The highest BCUT2D eigenvalue weighted by atomic mass is 16.5. The van der Waals surface area contributed by atoms with Gasteiger partial charge in [-0.2, -0.15) is 0 Å². The van der Waals surface area contributed by atoms with Crippen LogP contribution < -0.4 is 4.74 Å². The Labute approximate surface area is 150 Å². The van der Waals surface area contributed by atoms with E-state index >= 15 is 0 Å². The van der Waals surface area contributed by atoms with Crippen molar-refractivity contribution in [3.8, 4) is 22.8 Å². The molecule has 0 aliphatic carbocycles. The Morgan fingerprint density at radius 1 is 0.962 bits per heavy atom. The quantitative estimate of drug-likeness (QED) is 0.527. The number of hydrogen-bond acceptors (Lipinski definition) is 4. The molecule has 4 heteroatoms. The molecule has 1 heterocycles. The average molecular weight is 344 g/mol. The van der Waals surface area contributed by atoms with E-state index in [4.69, 9.17) is 9.15 Å². The monoisotopic (exact) mass is 344 g/mol. The number of carbonyl (C=O) groups excluding carboxylic acids is 1. The van der Waals surface area contributed by atoms with Crippen LogP contribution in [0.15, 0.2) is 77.2 Å². The van der Waals surface area contributed by atoms with Gasteiger partial charge in [0.1, 0.15) is 22.8 Å². The summed E-state index contributed by atoms with van der Waals surface area (Å²) in [5, 5.41) is 10.4. The minimum atomic E-state index is -0.143. The molecule has 0 saturated carbocycles. The number of methoxy groups -OCH3 is 1. The Balaban J connectivity index is 1.93. The number of benzene rings is 3. The van der Waals surface area contributed by atoms with E-state index in [1.165, 1.54) is 6.07 Å². The summed E-state index contributed by atoms with van der Waals surface area (Å²) in [6.45, 7) is 0. The standard InChI is InChI=1S/C22H16O4/c1-25-17-10-7-14(8-11-17)21(24)20-18-12-9-16(23)13-19(18)26-22(20)15-5-3-2-4-6-15/h2-13,23H,1H3.